The molecule has 6 heteroatoms. The predicted molar refractivity (Wildman–Crippen MR) is 79.2 cm³/mol. The van der Waals surface area contributed by atoms with Crippen molar-refractivity contribution in [2.24, 2.45) is 0 Å². The molecule has 0 saturated carbocycles. The Bertz CT molecular complexity index is 623. The van der Waals surface area contributed by atoms with Crippen molar-refractivity contribution < 1.29 is 8.42 Å². The molecule has 1 N–H and O–H groups in total. The van der Waals surface area contributed by atoms with Gasteiger partial charge in [0.2, 0.25) is 10.0 Å². The molecule has 19 heavy (non-hydrogen) atoms. The van der Waals surface area contributed by atoms with Crippen LogP contribution < -0.4 is 4.72 Å². The molecule has 2 aromatic rings. The van der Waals surface area contributed by atoms with E-state index in [1.807, 2.05) is 11.4 Å². The van der Waals surface area contributed by atoms with E-state index in [1.165, 1.54) is 0 Å². The molecule has 0 amide bonds. The molecule has 1 aromatic heterocycles. The van der Waals surface area contributed by atoms with E-state index in [-0.39, 0.29) is 0 Å². The minimum absolute atomic E-state index is 0.293. The van der Waals surface area contributed by atoms with Gasteiger partial charge in [0.05, 0.1) is 10.8 Å². The van der Waals surface area contributed by atoms with Crippen LogP contribution >= 0.6 is 22.9 Å². The van der Waals surface area contributed by atoms with Gasteiger partial charge < -0.3 is 0 Å². The van der Waals surface area contributed by atoms with Gasteiger partial charge in [-0.25, -0.2) is 13.1 Å². The minimum Gasteiger partial charge on any atom is -0.211 e. The summed E-state index contributed by atoms with van der Waals surface area (Å²) >= 11 is 7.32. The molecule has 1 aromatic carbocycles. The first-order chi connectivity index (χ1) is 9.12. The Balaban J connectivity index is 1.92. The predicted octanol–water partition coefficient (Wildman–Crippen LogP) is 3.01. The van der Waals surface area contributed by atoms with Gasteiger partial charge >= 0.3 is 0 Å². The molecule has 0 spiro atoms. The van der Waals surface area contributed by atoms with Gasteiger partial charge in [0.25, 0.3) is 0 Å². The monoisotopic (exact) mass is 315 g/mol. The van der Waals surface area contributed by atoms with Gasteiger partial charge in [0, 0.05) is 11.4 Å². The zero-order chi connectivity index (χ0) is 13.7. The number of benzene rings is 1. The van der Waals surface area contributed by atoms with E-state index >= 15 is 0 Å². The lowest BCUT2D eigenvalue weighted by Gasteiger charge is -2.05. The highest BCUT2D eigenvalue weighted by atomic mass is 35.5. The van der Waals surface area contributed by atoms with Crippen LogP contribution in [0.4, 0.5) is 0 Å². The van der Waals surface area contributed by atoms with Gasteiger partial charge in [-0.2, -0.15) is 0 Å². The highest BCUT2D eigenvalue weighted by Crippen LogP contribution is 2.17. The molecule has 0 bridgehead atoms. The number of thiophene rings is 1. The highest BCUT2D eigenvalue weighted by molar-refractivity contribution is 7.89. The largest absolute Gasteiger partial charge is 0.240 e. The Morgan fingerprint density at radius 2 is 1.95 bits per heavy atom. The number of alkyl halides is 1. The fourth-order valence-corrected chi connectivity index (χ4v) is 3.73. The molecule has 0 aliphatic rings. The van der Waals surface area contributed by atoms with E-state index in [4.69, 9.17) is 11.6 Å². The van der Waals surface area contributed by atoms with Gasteiger partial charge in [-0.1, -0.05) is 18.2 Å². The zero-order valence-corrected chi connectivity index (χ0v) is 12.6. The fourth-order valence-electron chi connectivity index (χ4n) is 1.64. The van der Waals surface area contributed by atoms with Gasteiger partial charge in [-0.15, -0.1) is 22.9 Å². The van der Waals surface area contributed by atoms with Crippen LogP contribution in [-0.2, 0) is 22.3 Å². The molecule has 0 saturated heterocycles. The normalized spacial score (nSPS) is 11.6. The average Bonchev–Trinajstić information content (AvgIpc) is 2.87. The second-order valence-electron chi connectivity index (χ2n) is 4.02. The molecule has 102 valence electrons. The Morgan fingerprint density at radius 1 is 1.21 bits per heavy atom. The molecule has 1 heterocycles. The van der Waals surface area contributed by atoms with Gasteiger partial charge in [0.15, 0.2) is 0 Å². The second-order valence-corrected chi connectivity index (χ2v) is 7.05. The van der Waals surface area contributed by atoms with Crippen molar-refractivity contribution in [2.45, 2.75) is 17.2 Å². The van der Waals surface area contributed by atoms with Crippen LogP contribution in [0.25, 0.3) is 0 Å². The maximum absolute atomic E-state index is 12.0. The summed E-state index contributed by atoms with van der Waals surface area (Å²) in [6, 6.07) is 10.4. The zero-order valence-electron chi connectivity index (χ0n) is 10.2. The lowest BCUT2D eigenvalue weighted by Crippen LogP contribution is -2.25. The first-order valence-corrected chi connectivity index (χ1v) is 8.68. The SMILES string of the molecule is O=S(=O)(NCCc1csc(CCl)c1)c1ccccc1. The summed E-state index contributed by atoms with van der Waals surface area (Å²) in [5, 5.41) is 2.01. The Kier molecular flexibility index (Phi) is 4.99. The van der Waals surface area contributed by atoms with Crippen LogP contribution in [0.1, 0.15) is 10.4 Å². The summed E-state index contributed by atoms with van der Waals surface area (Å²) in [5.41, 5.74) is 1.11. The van der Waals surface area contributed by atoms with E-state index in [9.17, 15) is 8.42 Å². The first-order valence-electron chi connectivity index (χ1n) is 5.79. The number of sulfonamides is 1. The molecule has 0 radical (unpaired) electrons. The summed E-state index contributed by atoms with van der Waals surface area (Å²) in [5.74, 6) is 0.500. The lowest BCUT2D eigenvalue weighted by molar-refractivity contribution is 0.581. The minimum atomic E-state index is -3.40. The number of halogens is 1. The molecule has 2 rings (SSSR count). The molecule has 0 atom stereocenters. The van der Waals surface area contributed by atoms with E-state index in [2.05, 4.69) is 4.72 Å². The van der Waals surface area contributed by atoms with Crippen LogP contribution in [0, 0.1) is 0 Å². The third-order valence-corrected chi connectivity index (χ3v) is 5.51. The molecule has 0 aliphatic carbocycles. The van der Waals surface area contributed by atoms with Crippen molar-refractivity contribution in [2.75, 3.05) is 6.54 Å². The van der Waals surface area contributed by atoms with Crippen LogP contribution in [-0.4, -0.2) is 15.0 Å². The first kappa shape index (κ1) is 14.5. The molecular formula is C13H14ClNO2S2. The second kappa shape index (κ2) is 6.52. The number of nitrogens with one attached hydrogen (secondary N) is 1. The van der Waals surface area contributed by atoms with Gasteiger partial charge in [-0.3, -0.25) is 0 Å². The van der Waals surface area contributed by atoms with Crippen LogP contribution in [0.5, 0.6) is 0 Å². The van der Waals surface area contributed by atoms with Gasteiger partial charge in [0.1, 0.15) is 0 Å². The quantitative estimate of drug-likeness (QED) is 0.833. The fraction of sp³-hybridized carbons (Fsp3) is 0.231. The summed E-state index contributed by atoms with van der Waals surface area (Å²) in [4.78, 5) is 1.39. The van der Waals surface area contributed by atoms with E-state index in [0.29, 0.717) is 23.7 Å². The summed E-state index contributed by atoms with van der Waals surface area (Å²) < 4.78 is 26.5. The topological polar surface area (TPSA) is 46.2 Å². The molecule has 0 unspecified atom stereocenters. The third kappa shape index (κ3) is 4.04. The standard InChI is InChI=1S/C13H14ClNO2S2/c14-9-12-8-11(10-18-12)6-7-15-19(16,17)13-4-2-1-3-5-13/h1-5,8,10,15H,6-7,9H2. The summed E-state index contributed by atoms with van der Waals surface area (Å²) in [6.45, 7) is 0.385. The van der Waals surface area contributed by atoms with Crippen molar-refractivity contribution in [1.29, 1.82) is 0 Å². The molecule has 0 fully saturated rings. The maximum Gasteiger partial charge on any atom is 0.240 e. The number of hydrogen-bond donors (Lipinski definition) is 1. The number of rotatable bonds is 6. The highest BCUT2D eigenvalue weighted by Gasteiger charge is 2.12. The van der Waals surface area contributed by atoms with Crippen molar-refractivity contribution in [1.82, 2.24) is 4.72 Å². The Labute approximate surface area is 122 Å². The van der Waals surface area contributed by atoms with Crippen molar-refractivity contribution in [3.63, 3.8) is 0 Å². The van der Waals surface area contributed by atoms with Crippen LogP contribution in [0.2, 0.25) is 0 Å². The Morgan fingerprint density at radius 3 is 2.58 bits per heavy atom. The van der Waals surface area contributed by atoms with Gasteiger partial charge in [-0.05, 0) is 35.6 Å². The van der Waals surface area contributed by atoms with E-state index in [0.717, 1.165) is 10.4 Å². The molecule has 3 nitrogen and oxygen atoms in total. The van der Waals surface area contributed by atoms with Crippen molar-refractivity contribution in [3.05, 3.63) is 52.2 Å². The van der Waals surface area contributed by atoms with E-state index in [1.54, 1.807) is 41.7 Å². The third-order valence-electron chi connectivity index (χ3n) is 2.60. The Hall–Kier alpha value is -0.880. The lowest BCUT2D eigenvalue weighted by atomic mass is 10.2. The molecule has 0 aliphatic heterocycles. The van der Waals surface area contributed by atoms with Crippen molar-refractivity contribution >= 4 is 33.0 Å². The van der Waals surface area contributed by atoms with E-state index < -0.39 is 10.0 Å². The molecular weight excluding hydrogens is 302 g/mol. The van der Waals surface area contributed by atoms with Crippen LogP contribution in [0.15, 0.2) is 46.7 Å². The smallest absolute Gasteiger partial charge is 0.211 e. The van der Waals surface area contributed by atoms with Crippen LogP contribution in [0.3, 0.4) is 0 Å². The summed E-state index contributed by atoms with van der Waals surface area (Å²) in [7, 11) is -3.40. The van der Waals surface area contributed by atoms with Crippen molar-refractivity contribution in [3.8, 4) is 0 Å². The summed E-state index contributed by atoms with van der Waals surface area (Å²) in [6.07, 6.45) is 0.666. The maximum atomic E-state index is 12.0. The average molecular weight is 316 g/mol. The number of hydrogen-bond acceptors (Lipinski definition) is 3.